The molecule has 3 N–H and O–H groups in total. The predicted molar refractivity (Wildman–Crippen MR) is 101 cm³/mol. The third-order valence-corrected chi connectivity index (χ3v) is 3.89. The molecule has 1 amide bonds. The van der Waals surface area contributed by atoms with Crippen LogP contribution in [0.2, 0.25) is 0 Å². The molecule has 0 radical (unpaired) electrons. The van der Waals surface area contributed by atoms with Crippen molar-refractivity contribution in [2.75, 3.05) is 6.54 Å². The number of nitrogens with one attached hydrogen (secondary N) is 2. The summed E-state index contributed by atoms with van der Waals surface area (Å²) in [7, 11) is 0. The van der Waals surface area contributed by atoms with E-state index in [1.54, 1.807) is 0 Å². The average Bonchev–Trinajstić information content (AvgIpc) is 2.66. The lowest BCUT2D eigenvalue weighted by molar-refractivity contribution is -0.123. The van der Waals surface area contributed by atoms with Gasteiger partial charge in [0.1, 0.15) is 6.04 Å². The molecule has 2 aromatic rings. The van der Waals surface area contributed by atoms with Crippen molar-refractivity contribution in [1.29, 1.82) is 5.39 Å². The van der Waals surface area contributed by atoms with Crippen LogP contribution in [-0.2, 0) is 17.6 Å². The van der Waals surface area contributed by atoms with Crippen LogP contribution in [0.25, 0.3) is 4.98 Å². The highest BCUT2D eigenvalue weighted by Gasteiger charge is 2.20. The number of hydrogen-bond donors (Lipinski definition) is 3. The first kappa shape index (κ1) is 19.0. The topological polar surface area (TPSA) is 89.5 Å². The maximum absolute atomic E-state index is 12.5. The van der Waals surface area contributed by atoms with Gasteiger partial charge in [-0.25, -0.2) is 0 Å². The molecule has 26 heavy (non-hydrogen) atoms. The molecule has 6 nitrogen and oxygen atoms in total. The summed E-state index contributed by atoms with van der Waals surface area (Å²) in [5.41, 5.74) is 2.18. The molecule has 0 saturated heterocycles. The van der Waals surface area contributed by atoms with Crippen LogP contribution in [0.4, 0.5) is 0 Å². The molecule has 0 unspecified atom stereocenters. The van der Waals surface area contributed by atoms with E-state index in [-0.39, 0.29) is 11.8 Å². The Morgan fingerprint density at radius 1 is 1.08 bits per heavy atom. The average molecular weight is 351 g/mol. The molecule has 0 aliphatic carbocycles. The summed E-state index contributed by atoms with van der Waals surface area (Å²) in [6, 6.07) is 18.9. The number of aryl methyl sites for hydroxylation is 1. The lowest BCUT2D eigenvalue weighted by atomic mass is 10.1. The molecule has 1 atom stereocenters. The number of hydrogen-bond acceptors (Lipinski definition) is 4. The molecule has 0 aliphatic heterocycles. The third-order valence-electron chi connectivity index (χ3n) is 3.89. The molecule has 0 spiro atoms. The summed E-state index contributed by atoms with van der Waals surface area (Å²) in [5.74, 6) is -0.590. The number of benzene rings is 2. The lowest BCUT2D eigenvalue weighted by Gasteiger charge is -2.18. The fraction of sp³-hybridized carbons (Fsp3) is 0.250. The molecule has 0 heterocycles. The zero-order valence-electron chi connectivity index (χ0n) is 14.5. The molecule has 0 aromatic heterocycles. The number of diazo groups is 1. The SMILES string of the molecule is N#[N+]/C=C(\O)N[C@@H](Cc1ccccc1)C(=O)NCCCc1ccccc1. The first-order chi connectivity index (χ1) is 12.7. The molecule has 0 saturated carbocycles. The van der Waals surface area contributed by atoms with Gasteiger partial charge < -0.3 is 15.7 Å². The predicted octanol–water partition coefficient (Wildman–Crippen LogP) is 3.15. The number of aliphatic hydroxyl groups excluding tert-OH is 1. The Morgan fingerprint density at radius 2 is 1.69 bits per heavy atom. The Morgan fingerprint density at radius 3 is 2.31 bits per heavy atom. The Bertz CT molecular complexity index is 754. The molecule has 134 valence electrons. The van der Waals surface area contributed by atoms with E-state index < -0.39 is 6.04 Å². The van der Waals surface area contributed by atoms with Crippen LogP contribution in [0.3, 0.4) is 0 Å². The number of nitrogens with zero attached hydrogens (tertiary/aromatic N) is 2. The zero-order chi connectivity index (χ0) is 18.6. The molecule has 0 bridgehead atoms. The standard InChI is InChI=1S/C20H22N4O2/c21-23-15-19(25)24-18(14-17-10-5-2-6-11-17)20(26)22-13-7-12-16-8-3-1-4-9-16/h1-6,8-11,15,18,24H,7,12-14H2,(H-,22,25,26)/p+1/b19-15-/t18-/m0/s1. The third kappa shape index (κ3) is 6.65. The van der Waals surface area contributed by atoms with Gasteiger partial charge in [-0.3, -0.25) is 4.79 Å². The molecule has 2 rings (SSSR count). The van der Waals surface area contributed by atoms with E-state index in [1.807, 2.05) is 48.5 Å². The molecular weight excluding hydrogens is 328 g/mol. The molecule has 0 aliphatic rings. The molecular formula is C20H23N4O2+. The van der Waals surface area contributed by atoms with Crippen LogP contribution in [0.5, 0.6) is 0 Å². The van der Waals surface area contributed by atoms with Crippen molar-refractivity contribution in [2.24, 2.45) is 0 Å². The van der Waals surface area contributed by atoms with Crippen LogP contribution in [0.1, 0.15) is 17.5 Å². The van der Waals surface area contributed by atoms with Gasteiger partial charge in [-0.05, 0) is 24.0 Å². The maximum Gasteiger partial charge on any atom is 0.409 e. The van der Waals surface area contributed by atoms with Crippen molar-refractivity contribution in [1.82, 2.24) is 10.6 Å². The van der Waals surface area contributed by atoms with Gasteiger partial charge >= 0.3 is 6.20 Å². The van der Waals surface area contributed by atoms with Gasteiger partial charge in [-0.15, -0.1) is 0 Å². The molecule has 6 heteroatoms. The summed E-state index contributed by atoms with van der Waals surface area (Å²) >= 11 is 0. The van der Waals surface area contributed by atoms with E-state index in [4.69, 9.17) is 5.39 Å². The van der Waals surface area contributed by atoms with Crippen LogP contribution >= 0.6 is 0 Å². The minimum absolute atomic E-state index is 0.222. The highest BCUT2D eigenvalue weighted by atomic mass is 16.3. The van der Waals surface area contributed by atoms with E-state index in [0.717, 1.165) is 24.6 Å². The summed E-state index contributed by atoms with van der Waals surface area (Å²) in [6.45, 7) is 0.537. The van der Waals surface area contributed by atoms with Gasteiger partial charge in [0, 0.05) is 13.0 Å². The first-order valence-electron chi connectivity index (χ1n) is 8.54. The highest BCUT2D eigenvalue weighted by molar-refractivity contribution is 5.82. The fourth-order valence-electron chi connectivity index (χ4n) is 2.60. The lowest BCUT2D eigenvalue weighted by Crippen LogP contribution is -2.45. The van der Waals surface area contributed by atoms with E-state index in [1.165, 1.54) is 5.56 Å². The van der Waals surface area contributed by atoms with Crippen LogP contribution in [0, 0.1) is 5.39 Å². The second-order valence-electron chi connectivity index (χ2n) is 5.90. The van der Waals surface area contributed by atoms with Gasteiger partial charge in [-0.2, -0.15) is 0 Å². The second-order valence-corrected chi connectivity index (χ2v) is 5.90. The first-order valence-corrected chi connectivity index (χ1v) is 8.54. The van der Waals surface area contributed by atoms with E-state index in [0.29, 0.717) is 13.0 Å². The summed E-state index contributed by atoms with van der Waals surface area (Å²) in [4.78, 5) is 15.3. The number of carbonyl (C=O) groups is 1. The number of aliphatic hydroxyl groups is 1. The Balaban J connectivity index is 1.89. The summed E-state index contributed by atoms with van der Waals surface area (Å²) in [6.07, 6.45) is 2.95. The highest BCUT2D eigenvalue weighted by Crippen LogP contribution is 2.06. The van der Waals surface area contributed by atoms with Gasteiger partial charge in [0.05, 0.1) is 0 Å². The Hall–Kier alpha value is -3.33. The largest absolute Gasteiger partial charge is 0.490 e. The fourth-order valence-corrected chi connectivity index (χ4v) is 2.60. The maximum atomic E-state index is 12.5. The quantitative estimate of drug-likeness (QED) is 0.368. The van der Waals surface area contributed by atoms with Crippen LogP contribution in [0.15, 0.2) is 72.7 Å². The Labute approximate surface area is 153 Å². The van der Waals surface area contributed by atoms with Crippen molar-refractivity contribution in [3.63, 3.8) is 0 Å². The van der Waals surface area contributed by atoms with Crippen LogP contribution < -0.4 is 10.6 Å². The van der Waals surface area contributed by atoms with Crippen LogP contribution in [-0.4, -0.2) is 23.6 Å². The second kappa shape index (κ2) is 10.5. The van der Waals surface area contributed by atoms with E-state index in [2.05, 4.69) is 27.7 Å². The van der Waals surface area contributed by atoms with Crippen molar-refractivity contribution >= 4 is 5.91 Å². The minimum atomic E-state index is -0.674. The summed E-state index contributed by atoms with van der Waals surface area (Å²) < 4.78 is 0. The van der Waals surface area contributed by atoms with Crippen molar-refractivity contribution in [3.05, 3.63) is 88.8 Å². The smallest absolute Gasteiger partial charge is 0.409 e. The molecule has 0 fully saturated rings. The number of rotatable bonds is 9. The summed E-state index contributed by atoms with van der Waals surface area (Å²) in [5, 5.41) is 23.8. The number of amides is 1. The zero-order valence-corrected chi connectivity index (χ0v) is 14.5. The van der Waals surface area contributed by atoms with Gasteiger partial charge in [0.25, 0.3) is 5.88 Å². The van der Waals surface area contributed by atoms with Crippen molar-refractivity contribution in [2.45, 2.75) is 25.3 Å². The van der Waals surface area contributed by atoms with Crippen molar-refractivity contribution in [3.8, 4) is 0 Å². The van der Waals surface area contributed by atoms with Gasteiger partial charge in [0.2, 0.25) is 11.3 Å². The molecule has 2 aromatic carbocycles. The number of carbonyl (C=O) groups excluding carboxylic acids is 1. The normalized spacial score (nSPS) is 12.0. The van der Waals surface area contributed by atoms with Gasteiger partial charge in [0.15, 0.2) is 4.98 Å². The van der Waals surface area contributed by atoms with Gasteiger partial charge in [-0.1, -0.05) is 60.7 Å². The van der Waals surface area contributed by atoms with E-state index in [9.17, 15) is 9.90 Å². The van der Waals surface area contributed by atoms with E-state index >= 15 is 0 Å². The monoisotopic (exact) mass is 351 g/mol. The Kier molecular flexibility index (Phi) is 7.69. The minimum Gasteiger partial charge on any atom is -0.490 e. The van der Waals surface area contributed by atoms with Crippen molar-refractivity contribution < 1.29 is 9.90 Å².